The maximum Gasteiger partial charge on any atom is 0.246 e. The molecule has 0 unspecified atom stereocenters. The highest BCUT2D eigenvalue weighted by atomic mass is 35.5. The fraction of sp³-hybridized carbons (Fsp3) is 0.333. The van der Waals surface area contributed by atoms with Crippen molar-refractivity contribution in [2.45, 2.75) is 11.4 Å². The minimum Gasteiger partial charge on any atom is -0.496 e. The Morgan fingerprint density at radius 2 is 1.62 bits per heavy atom. The van der Waals surface area contributed by atoms with Gasteiger partial charge < -0.3 is 4.74 Å². The molecule has 0 bridgehead atoms. The maximum atomic E-state index is 13.9. The molecule has 1 aliphatic rings. The molecule has 1 heterocycles. The number of hydrogen-bond donors (Lipinski definition) is 0. The zero-order chi connectivity index (χ0) is 17.9. The van der Waals surface area contributed by atoms with Gasteiger partial charge in [0.2, 0.25) is 10.0 Å². The van der Waals surface area contributed by atoms with E-state index in [2.05, 4.69) is 4.90 Å². The van der Waals surface area contributed by atoms with Gasteiger partial charge >= 0.3 is 0 Å². The summed E-state index contributed by atoms with van der Waals surface area (Å²) >= 11 is 0. The summed E-state index contributed by atoms with van der Waals surface area (Å²) in [6, 6.07) is 13.3. The number of nitrogens with zero attached hydrogens (tertiary/aromatic N) is 2. The first-order valence-electron chi connectivity index (χ1n) is 8.11. The monoisotopic (exact) mass is 400 g/mol. The third kappa shape index (κ3) is 4.35. The van der Waals surface area contributed by atoms with E-state index in [0.717, 1.165) is 11.3 Å². The van der Waals surface area contributed by atoms with Crippen LogP contribution in [0, 0.1) is 5.82 Å². The Morgan fingerprint density at radius 1 is 1.00 bits per heavy atom. The molecule has 0 amide bonds. The Kier molecular flexibility index (Phi) is 7.00. The molecule has 0 aliphatic carbocycles. The standard InChI is InChI=1S/C18H21FN2O3S.ClH/c1-24-17-8-4-2-6-15(17)14-20-10-12-21(13-11-20)25(22,23)18-9-5-3-7-16(18)19;/h2-9H,10-14H2,1H3;1H. The minimum absolute atomic E-state index is 0. The molecule has 142 valence electrons. The average Bonchev–Trinajstić information content (AvgIpc) is 2.63. The Balaban J connectivity index is 0.00000243. The highest BCUT2D eigenvalue weighted by molar-refractivity contribution is 7.89. The SMILES string of the molecule is COc1ccccc1CN1CCN(S(=O)(=O)c2ccccc2F)CC1.Cl. The molecule has 26 heavy (non-hydrogen) atoms. The molecule has 0 spiro atoms. The van der Waals surface area contributed by atoms with Crippen molar-refractivity contribution in [2.24, 2.45) is 0 Å². The van der Waals surface area contributed by atoms with Crippen molar-refractivity contribution in [3.8, 4) is 5.75 Å². The Morgan fingerprint density at radius 3 is 2.27 bits per heavy atom. The molecule has 1 saturated heterocycles. The molecule has 1 aliphatic heterocycles. The minimum atomic E-state index is -3.79. The number of sulfonamides is 1. The molecular formula is C18H22ClFN2O3S. The molecule has 2 aromatic rings. The number of methoxy groups -OCH3 is 1. The van der Waals surface area contributed by atoms with Crippen molar-refractivity contribution in [2.75, 3.05) is 33.3 Å². The summed E-state index contributed by atoms with van der Waals surface area (Å²) < 4.78 is 45.8. The lowest BCUT2D eigenvalue weighted by molar-refractivity contribution is 0.180. The van der Waals surface area contributed by atoms with Crippen LogP contribution >= 0.6 is 12.4 Å². The van der Waals surface area contributed by atoms with Gasteiger partial charge in [-0.3, -0.25) is 4.90 Å². The molecule has 0 radical (unpaired) electrons. The molecular weight excluding hydrogens is 379 g/mol. The lowest BCUT2D eigenvalue weighted by Gasteiger charge is -2.34. The second-order valence-corrected chi connectivity index (χ2v) is 7.83. The summed E-state index contributed by atoms with van der Waals surface area (Å²) in [7, 11) is -2.16. The number of halogens is 2. The Bertz CT molecular complexity index is 840. The van der Waals surface area contributed by atoms with Crippen molar-refractivity contribution in [1.82, 2.24) is 9.21 Å². The van der Waals surface area contributed by atoms with Gasteiger partial charge in [-0.1, -0.05) is 30.3 Å². The van der Waals surface area contributed by atoms with Crippen LogP contribution in [0.3, 0.4) is 0 Å². The van der Waals surface area contributed by atoms with E-state index in [1.165, 1.54) is 28.6 Å². The third-order valence-electron chi connectivity index (χ3n) is 4.37. The smallest absolute Gasteiger partial charge is 0.246 e. The van der Waals surface area contributed by atoms with Gasteiger partial charge in [0, 0.05) is 38.3 Å². The van der Waals surface area contributed by atoms with E-state index in [1.54, 1.807) is 7.11 Å². The second-order valence-electron chi connectivity index (χ2n) is 5.92. The van der Waals surface area contributed by atoms with Gasteiger partial charge in [0.25, 0.3) is 0 Å². The predicted octanol–water partition coefficient (Wildman–Crippen LogP) is 2.76. The Hall–Kier alpha value is -1.67. The quantitative estimate of drug-likeness (QED) is 0.774. The van der Waals surface area contributed by atoms with Crippen LogP contribution in [0.2, 0.25) is 0 Å². The van der Waals surface area contributed by atoms with Crippen molar-refractivity contribution >= 4 is 22.4 Å². The largest absolute Gasteiger partial charge is 0.496 e. The van der Waals surface area contributed by atoms with Crippen LogP contribution in [-0.4, -0.2) is 50.9 Å². The highest BCUT2D eigenvalue weighted by Crippen LogP contribution is 2.23. The van der Waals surface area contributed by atoms with Gasteiger partial charge in [0.05, 0.1) is 7.11 Å². The van der Waals surface area contributed by atoms with Gasteiger partial charge in [0.1, 0.15) is 16.5 Å². The van der Waals surface area contributed by atoms with E-state index in [0.29, 0.717) is 32.7 Å². The van der Waals surface area contributed by atoms with E-state index >= 15 is 0 Å². The van der Waals surface area contributed by atoms with E-state index in [9.17, 15) is 12.8 Å². The molecule has 0 saturated carbocycles. The molecule has 3 rings (SSSR count). The van der Waals surface area contributed by atoms with Crippen LogP contribution in [0.1, 0.15) is 5.56 Å². The summed E-state index contributed by atoms with van der Waals surface area (Å²) in [5, 5.41) is 0. The van der Waals surface area contributed by atoms with Crippen LogP contribution < -0.4 is 4.74 Å². The molecule has 0 N–H and O–H groups in total. The maximum absolute atomic E-state index is 13.9. The normalized spacial score (nSPS) is 16.1. The van der Waals surface area contributed by atoms with Crippen LogP contribution in [0.25, 0.3) is 0 Å². The molecule has 0 atom stereocenters. The lowest BCUT2D eigenvalue weighted by Crippen LogP contribution is -2.48. The van der Waals surface area contributed by atoms with E-state index in [1.807, 2.05) is 24.3 Å². The molecule has 8 heteroatoms. The lowest BCUT2D eigenvalue weighted by atomic mass is 10.2. The summed E-state index contributed by atoms with van der Waals surface area (Å²) in [4.78, 5) is 1.92. The van der Waals surface area contributed by atoms with Crippen LogP contribution in [-0.2, 0) is 16.6 Å². The van der Waals surface area contributed by atoms with Crippen molar-refractivity contribution in [3.63, 3.8) is 0 Å². The number of piperazine rings is 1. The molecule has 5 nitrogen and oxygen atoms in total. The first-order valence-corrected chi connectivity index (χ1v) is 9.55. The zero-order valence-electron chi connectivity index (χ0n) is 14.5. The van der Waals surface area contributed by atoms with E-state index in [-0.39, 0.29) is 17.3 Å². The number of para-hydroxylation sites is 1. The van der Waals surface area contributed by atoms with Gasteiger partial charge in [-0.15, -0.1) is 12.4 Å². The van der Waals surface area contributed by atoms with E-state index in [4.69, 9.17) is 4.74 Å². The first kappa shape index (κ1) is 20.6. The second kappa shape index (κ2) is 8.81. The summed E-state index contributed by atoms with van der Waals surface area (Å²) in [6.07, 6.45) is 0. The van der Waals surface area contributed by atoms with Crippen molar-refractivity contribution in [1.29, 1.82) is 0 Å². The van der Waals surface area contributed by atoms with Crippen LogP contribution in [0.4, 0.5) is 4.39 Å². The fourth-order valence-corrected chi connectivity index (χ4v) is 4.48. The predicted molar refractivity (Wildman–Crippen MR) is 101 cm³/mol. The summed E-state index contributed by atoms with van der Waals surface area (Å²) in [5.41, 5.74) is 1.07. The summed E-state index contributed by atoms with van der Waals surface area (Å²) in [6.45, 7) is 2.55. The van der Waals surface area contributed by atoms with Gasteiger partial charge in [0.15, 0.2) is 0 Å². The number of rotatable bonds is 5. The number of ether oxygens (including phenoxy) is 1. The van der Waals surface area contributed by atoms with Crippen LogP contribution in [0.5, 0.6) is 5.75 Å². The van der Waals surface area contributed by atoms with Gasteiger partial charge in [-0.25, -0.2) is 12.8 Å². The van der Waals surface area contributed by atoms with Crippen molar-refractivity contribution in [3.05, 3.63) is 59.9 Å². The highest BCUT2D eigenvalue weighted by Gasteiger charge is 2.30. The Labute approximate surface area is 159 Å². The number of benzene rings is 2. The van der Waals surface area contributed by atoms with Crippen LogP contribution in [0.15, 0.2) is 53.4 Å². The zero-order valence-corrected chi connectivity index (χ0v) is 16.1. The van der Waals surface area contributed by atoms with Gasteiger partial charge in [-0.2, -0.15) is 4.31 Å². The molecule has 1 fully saturated rings. The van der Waals surface area contributed by atoms with Crippen molar-refractivity contribution < 1.29 is 17.5 Å². The fourth-order valence-electron chi connectivity index (χ4n) is 3.00. The number of hydrogen-bond acceptors (Lipinski definition) is 4. The summed E-state index contributed by atoms with van der Waals surface area (Å²) in [5.74, 6) is 0.114. The first-order chi connectivity index (χ1) is 12.0. The topological polar surface area (TPSA) is 49.9 Å². The van der Waals surface area contributed by atoms with E-state index < -0.39 is 15.8 Å². The van der Waals surface area contributed by atoms with Gasteiger partial charge in [-0.05, 0) is 18.2 Å². The molecule has 0 aromatic heterocycles. The third-order valence-corrected chi connectivity index (χ3v) is 6.30. The average molecular weight is 401 g/mol. The molecule has 2 aromatic carbocycles.